The summed E-state index contributed by atoms with van der Waals surface area (Å²) in [7, 11) is 0. The summed E-state index contributed by atoms with van der Waals surface area (Å²) in [5.74, 6) is -1.22. The lowest BCUT2D eigenvalue weighted by molar-refractivity contribution is 0.0695. The van der Waals surface area contributed by atoms with Gasteiger partial charge in [-0.15, -0.1) is 13.2 Å². The first-order chi connectivity index (χ1) is 9.60. The van der Waals surface area contributed by atoms with E-state index in [0.717, 1.165) is 11.1 Å². The zero-order valence-corrected chi connectivity index (χ0v) is 11.0. The van der Waals surface area contributed by atoms with Crippen molar-refractivity contribution in [1.29, 1.82) is 0 Å². The number of hydrogen-bond acceptors (Lipinski definition) is 2. The highest BCUT2D eigenvalue weighted by Crippen LogP contribution is 2.18. The predicted molar refractivity (Wildman–Crippen MR) is 79.3 cm³/mol. The number of hydrogen-bond donors (Lipinski definition) is 1. The van der Waals surface area contributed by atoms with Crippen molar-refractivity contribution in [2.45, 2.75) is 13.0 Å². The van der Waals surface area contributed by atoms with Crippen molar-refractivity contribution in [3.63, 3.8) is 0 Å². The van der Waals surface area contributed by atoms with Crippen molar-refractivity contribution in [2.75, 3.05) is 0 Å². The minimum Gasteiger partial charge on any atom is -0.477 e. The van der Waals surface area contributed by atoms with Crippen LogP contribution in [0.15, 0.2) is 54.5 Å². The molecule has 1 heterocycles. The molecule has 0 saturated carbocycles. The van der Waals surface area contributed by atoms with Crippen molar-refractivity contribution in [3.05, 3.63) is 71.1 Å². The van der Waals surface area contributed by atoms with Crippen LogP contribution in [0.3, 0.4) is 0 Å². The van der Waals surface area contributed by atoms with Gasteiger partial charge in [-0.05, 0) is 18.1 Å². The Labute approximate surface area is 116 Å². The summed E-state index contributed by atoms with van der Waals surface area (Å²) in [6.45, 7) is 7.81. The molecule has 20 heavy (non-hydrogen) atoms. The Morgan fingerprint density at radius 3 is 2.65 bits per heavy atom. The van der Waals surface area contributed by atoms with Crippen molar-refractivity contribution in [2.24, 2.45) is 0 Å². The largest absolute Gasteiger partial charge is 0.477 e. The Kier molecular flexibility index (Phi) is 3.84. The second-order valence-corrected chi connectivity index (χ2v) is 4.42. The fraction of sp³-hybridized carbons (Fsp3) is 0.125. The van der Waals surface area contributed by atoms with E-state index >= 15 is 0 Å². The molecule has 0 radical (unpaired) electrons. The van der Waals surface area contributed by atoms with E-state index in [0.29, 0.717) is 18.4 Å². The topological polar surface area (TPSA) is 59.3 Å². The minimum atomic E-state index is -1.22. The fourth-order valence-corrected chi connectivity index (χ4v) is 2.29. The van der Waals surface area contributed by atoms with E-state index in [2.05, 4.69) is 13.2 Å². The molecule has 0 aliphatic heterocycles. The lowest BCUT2D eigenvalue weighted by Crippen LogP contribution is -2.19. The van der Waals surface area contributed by atoms with Gasteiger partial charge in [-0.3, -0.25) is 4.79 Å². The monoisotopic (exact) mass is 269 g/mol. The summed E-state index contributed by atoms with van der Waals surface area (Å²) >= 11 is 0. The number of nitrogens with zero attached hydrogens (tertiary/aromatic N) is 1. The molecule has 0 aliphatic carbocycles. The smallest absolute Gasteiger partial charge is 0.341 e. The SMILES string of the molecule is C=CCc1cccc2c(=O)c(C(=O)O)cn(CC=C)c12. The van der Waals surface area contributed by atoms with Gasteiger partial charge in [-0.25, -0.2) is 4.79 Å². The molecule has 0 bridgehead atoms. The Bertz CT molecular complexity index is 756. The van der Waals surface area contributed by atoms with Crippen molar-refractivity contribution >= 4 is 16.9 Å². The van der Waals surface area contributed by atoms with Crippen molar-refractivity contribution < 1.29 is 9.90 Å². The molecular weight excluding hydrogens is 254 g/mol. The number of benzene rings is 1. The highest BCUT2D eigenvalue weighted by atomic mass is 16.4. The molecule has 1 aromatic heterocycles. The maximum Gasteiger partial charge on any atom is 0.341 e. The summed E-state index contributed by atoms with van der Waals surface area (Å²) < 4.78 is 1.74. The molecule has 1 N–H and O–H groups in total. The molecule has 0 atom stereocenters. The lowest BCUT2D eigenvalue weighted by atomic mass is 10.0. The maximum atomic E-state index is 12.2. The molecule has 102 valence electrons. The summed E-state index contributed by atoms with van der Waals surface area (Å²) in [6.07, 6.45) is 5.41. The molecule has 2 aromatic rings. The number of fused-ring (bicyclic) bond motifs is 1. The second kappa shape index (κ2) is 5.57. The first-order valence-corrected chi connectivity index (χ1v) is 6.20. The van der Waals surface area contributed by atoms with E-state index in [1.54, 1.807) is 28.9 Å². The molecule has 0 saturated heterocycles. The number of aromatic carboxylic acids is 1. The van der Waals surface area contributed by atoms with Gasteiger partial charge in [0.2, 0.25) is 5.43 Å². The van der Waals surface area contributed by atoms with Crippen molar-refractivity contribution in [3.8, 4) is 0 Å². The van der Waals surface area contributed by atoms with Crippen LogP contribution in [0.25, 0.3) is 10.9 Å². The molecule has 4 nitrogen and oxygen atoms in total. The summed E-state index contributed by atoms with van der Waals surface area (Å²) in [5, 5.41) is 9.54. The average Bonchev–Trinajstić information content (AvgIpc) is 2.42. The molecule has 0 unspecified atom stereocenters. The lowest BCUT2D eigenvalue weighted by Gasteiger charge is -2.13. The third-order valence-electron chi connectivity index (χ3n) is 3.10. The number of carboxylic acid groups (broad SMARTS) is 1. The van der Waals surface area contributed by atoms with Gasteiger partial charge in [0, 0.05) is 18.1 Å². The summed E-state index contributed by atoms with van der Waals surface area (Å²) in [6, 6.07) is 5.31. The number of pyridine rings is 1. The number of aromatic nitrogens is 1. The second-order valence-electron chi connectivity index (χ2n) is 4.42. The Morgan fingerprint density at radius 1 is 1.30 bits per heavy atom. The first-order valence-electron chi connectivity index (χ1n) is 6.20. The zero-order chi connectivity index (χ0) is 14.7. The maximum absolute atomic E-state index is 12.2. The minimum absolute atomic E-state index is 0.227. The molecule has 0 aliphatic rings. The Morgan fingerprint density at radius 2 is 2.05 bits per heavy atom. The molecular formula is C16H15NO3. The third-order valence-corrected chi connectivity index (χ3v) is 3.10. The van der Waals surface area contributed by atoms with Crippen LogP contribution in [0, 0.1) is 0 Å². The quantitative estimate of drug-likeness (QED) is 0.849. The summed E-state index contributed by atoms with van der Waals surface area (Å²) in [4.78, 5) is 23.4. The summed E-state index contributed by atoms with van der Waals surface area (Å²) in [5.41, 5.74) is 0.990. The number of rotatable bonds is 5. The van der Waals surface area contributed by atoms with Crippen LogP contribution >= 0.6 is 0 Å². The van der Waals surface area contributed by atoms with Gasteiger partial charge in [0.25, 0.3) is 0 Å². The Balaban J connectivity index is 2.93. The van der Waals surface area contributed by atoms with Crippen LogP contribution in [0.5, 0.6) is 0 Å². The number of carboxylic acids is 1. The third kappa shape index (κ3) is 2.28. The van der Waals surface area contributed by atoms with Gasteiger partial charge in [0.05, 0.1) is 5.52 Å². The van der Waals surface area contributed by atoms with Gasteiger partial charge in [0.1, 0.15) is 5.56 Å². The van der Waals surface area contributed by atoms with Crippen LogP contribution in [0.2, 0.25) is 0 Å². The normalized spacial score (nSPS) is 10.4. The standard InChI is InChI=1S/C16H15NO3/c1-3-6-11-7-5-8-12-14(11)17(9-4-2)10-13(15(12)18)16(19)20/h3-5,7-8,10H,1-2,6,9H2,(H,19,20). The number of carbonyl (C=O) groups is 1. The number of allylic oxidation sites excluding steroid dienone is 2. The van der Waals surface area contributed by atoms with Crippen LogP contribution in [-0.2, 0) is 13.0 Å². The van der Waals surface area contributed by atoms with Gasteiger partial charge in [-0.2, -0.15) is 0 Å². The predicted octanol–water partition coefficient (Wildman–Crippen LogP) is 2.61. The molecule has 0 spiro atoms. The average molecular weight is 269 g/mol. The fourth-order valence-electron chi connectivity index (χ4n) is 2.29. The van der Waals surface area contributed by atoms with Crippen molar-refractivity contribution in [1.82, 2.24) is 4.57 Å². The van der Waals surface area contributed by atoms with Crippen LogP contribution in [-0.4, -0.2) is 15.6 Å². The van der Waals surface area contributed by atoms with Gasteiger partial charge in [-0.1, -0.05) is 24.3 Å². The molecule has 0 fully saturated rings. The van der Waals surface area contributed by atoms with Crippen LogP contribution < -0.4 is 5.43 Å². The first kappa shape index (κ1) is 13.8. The highest BCUT2D eigenvalue weighted by Gasteiger charge is 2.15. The number of para-hydroxylation sites is 1. The van der Waals surface area contributed by atoms with Gasteiger partial charge in [0.15, 0.2) is 0 Å². The Hall–Kier alpha value is -2.62. The molecule has 4 heteroatoms. The van der Waals surface area contributed by atoms with E-state index in [9.17, 15) is 9.59 Å². The highest BCUT2D eigenvalue weighted by molar-refractivity contribution is 5.93. The zero-order valence-electron chi connectivity index (χ0n) is 11.0. The van der Waals surface area contributed by atoms with E-state index in [1.807, 2.05) is 6.07 Å². The van der Waals surface area contributed by atoms with E-state index in [4.69, 9.17) is 5.11 Å². The van der Waals surface area contributed by atoms with E-state index in [1.165, 1.54) is 6.20 Å². The van der Waals surface area contributed by atoms with Gasteiger partial charge >= 0.3 is 5.97 Å². The van der Waals surface area contributed by atoms with E-state index < -0.39 is 11.4 Å². The molecule has 1 aromatic carbocycles. The molecule has 2 rings (SSSR count). The molecule has 0 amide bonds. The van der Waals surface area contributed by atoms with Gasteiger partial charge < -0.3 is 9.67 Å². The van der Waals surface area contributed by atoms with Crippen LogP contribution in [0.4, 0.5) is 0 Å². The van der Waals surface area contributed by atoms with Crippen LogP contribution in [0.1, 0.15) is 15.9 Å². The van der Waals surface area contributed by atoms with E-state index in [-0.39, 0.29) is 5.56 Å².